The van der Waals surface area contributed by atoms with E-state index < -0.39 is 13.3 Å². The molecule has 0 aliphatic carbocycles. The molecule has 0 aliphatic rings. The molecule has 3 nitrogen and oxygen atoms in total. The van der Waals surface area contributed by atoms with Crippen LogP contribution in [-0.4, -0.2) is 15.4 Å². The number of aryl methyl sites for hydroxylation is 1. The van der Waals surface area contributed by atoms with Gasteiger partial charge in [-0.15, -0.1) is 6.58 Å². The van der Waals surface area contributed by atoms with Crippen molar-refractivity contribution in [1.82, 2.24) is 0 Å². The predicted octanol–water partition coefficient (Wildman–Crippen LogP) is 3.27. The Kier molecular flexibility index (Phi) is 5.73. The molecule has 0 fully saturated rings. The van der Waals surface area contributed by atoms with Gasteiger partial charge >= 0.3 is 7.60 Å². The Morgan fingerprint density at radius 3 is 2.61 bits per heavy atom. The van der Waals surface area contributed by atoms with Gasteiger partial charge < -0.3 is 9.79 Å². The highest BCUT2D eigenvalue weighted by atomic mass is 31.2. The number of hydrogen-bond acceptors (Lipinski definition) is 1. The van der Waals surface area contributed by atoms with Crippen molar-refractivity contribution >= 4 is 7.60 Å². The predicted molar refractivity (Wildman–Crippen MR) is 70.0 cm³/mol. The normalized spacial score (nSPS) is 13.3. The molecule has 0 saturated carbocycles. The first-order valence-electron chi connectivity index (χ1n) is 5.84. The molecule has 0 spiro atoms. The number of halogens is 1. The Bertz CT molecular complexity index is 442. The van der Waals surface area contributed by atoms with Crippen LogP contribution < -0.4 is 0 Å². The third-order valence-corrected chi connectivity index (χ3v) is 4.28. The molecule has 0 aliphatic heterocycles. The SMILES string of the molecule is C=CCC(CCCc1ccccc1F)P(=O)(O)O. The van der Waals surface area contributed by atoms with Gasteiger partial charge in [-0.25, -0.2) is 4.39 Å². The van der Waals surface area contributed by atoms with Gasteiger partial charge in [0.25, 0.3) is 0 Å². The zero-order chi connectivity index (χ0) is 13.6. The maximum atomic E-state index is 13.3. The van der Waals surface area contributed by atoms with Gasteiger partial charge in [0.2, 0.25) is 0 Å². The Balaban J connectivity index is 2.52. The first-order valence-corrected chi connectivity index (χ1v) is 7.53. The highest BCUT2D eigenvalue weighted by Gasteiger charge is 2.26. The summed E-state index contributed by atoms with van der Waals surface area (Å²) in [6, 6.07) is 6.45. The second-order valence-corrected chi connectivity index (χ2v) is 6.16. The smallest absolute Gasteiger partial charge is 0.324 e. The quantitative estimate of drug-likeness (QED) is 0.591. The van der Waals surface area contributed by atoms with Crippen LogP contribution in [0.15, 0.2) is 36.9 Å². The molecule has 0 saturated heterocycles. The fourth-order valence-corrected chi connectivity index (χ4v) is 2.79. The Labute approximate surface area is 107 Å². The average Bonchev–Trinajstić information content (AvgIpc) is 2.29. The van der Waals surface area contributed by atoms with E-state index in [2.05, 4.69) is 6.58 Å². The lowest BCUT2D eigenvalue weighted by Gasteiger charge is -2.16. The molecule has 0 bridgehead atoms. The third kappa shape index (κ3) is 4.73. The second-order valence-electron chi connectivity index (χ2n) is 4.25. The van der Waals surface area contributed by atoms with E-state index in [1.807, 2.05) is 0 Å². The summed E-state index contributed by atoms with van der Waals surface area (Å²) in [5, 5.41) is 0. The summed E-state index contributed by atoms with van der Waals surface area (Å²) in [6.07, 6.45) is 3.18. The van der Waals surface area contributed by atoms with Gasteiger partial charge in [0.1, 0.15) is 5.82 Å². The number of allylic oxidation sites excluding steroid dienone is 1. The van der Waals surface area contributed by atoms with Gasteiger partial charge in [0.15, 0.2) is 0 Å². The van der Waals surface area contributed by atoms with Crippen LogP contribution in [0.1, 0.15) is 24.8 Å². The van der Waals surface area contributed by atoms with Crippen LogP contribution in [0.25, 0.3) is 0 Å². The molecule has 18 heavy (non-hydrogen) atoms. The number of benzene rings is 1. The topological polar surface area (TPSA) is 57.5 Å². The molecule has 0 radical (unpaired) electrons. The summed E-state index contributed by atoms with van der Waals surface area (Å²) in [6.45, 7) is 3.49. The van der Waals surface area contributed by atoms with Crippen LogP contribution in [-0.2, 0) is 11.0 Å². The van der Waals surface area contributed by atoms with Gasteiger partial charge in [-0.05, 0) is 37.3 Å². The zero-order valence-electron chi connectivity index (χ0n) is 10.1. The zero-order valence-corrected chi connectivity index (χ0v) is 11.0. The van der Waals surface area contributed by atoms with E-state index in [-0.39, 0.29) is 12.2 Å². The van der Waals surface area contributed by atoms with Crippen molar-refractivity contribution in [3.8, 4) is 0 Å². The summed E-state index contributed by atoms with van der Waals surface area (Å²) in [7, 11) is -4.09. The molecule has 0 heterocycles. The summed E-state index contributed by atoms with van der Waals surface area (Å²) in [5.41, 5.74) is -0.123. The minimum absolute atomic E-state index is 0.269. The molecule has 5 heteroatoms. The lowest BCUT2D eigenvalue weighted by atomic mass is 10.1. The van der Waals surface area contributed by atoms with Crippen molar-refractivity contribution in [2.75, 3.05) is 0 Å². The molecular formula is C13H18FO3P. The Hall–Kier alpha value is -0.960. The van der Waals surface area contributed by atoms with Crippen molar-refractivity contribution in [1.29, 1.82) is 0 Å². The highest BCUT2D eigenvalue weighted by Crippen LogP contribution is 2.45. The van der Waals surface area contributed by atoms with Crippen molar-refractivity contribution in [2.24, 2.45) is 0 Å². The van der Waals surface area contributed by atoms with Crippen molar-refractivity contribution in [3.05, 3.63) is 48.3 Å². The lowest BCUT2D eigenvalue weighted by molar-refractivity contribution is 0.353. The van der Waals surface area contributed by atoms with E-state index in [1.54, 1.807) is 18.2 Å². The van der Waals surface area contributed by atoms with E-state index in [4.69, 9.17) is 9.79 Å². The fraction of sp³-hybridized carbons (Fsp3) is 0.385. The van der Waals surface area contributed by atoms with E-state index in [9.17, 15) is 8.96 Å². The van der Waals surface area contributed by atoms with Crippen LogP contribution in [0, 0.1) is 5.82 Å². The van der Waals surface area contributed by atoms with Gasteiger partial charge in [0.05, 0.1) is 5.66 Å². The van der Waals surface area contributed by atoms with Crippen LogP contribution in [0.3, 0.4) is 0 Å². The Morgan fingerprint density at radius 2 is 2.06 bits per heavy atom. The average molecular weight is 272 g/mol. The van der Waals surface area contributed by atoms with E-state index in [1.165, 1.54) is 12.1 Å². The molecule has 1 aromatic carbocycles. The van der Waals surface area contributed by atoms with Gasteiger partial charge in [-0.3, -0.25) is 4.57 Å². The molecule has 100 valence electrons. The van der Waals surface area contributed by atoms with E-state index in [0.29, 0.717) is 24.8 Å². The van der Waals surface area contributed by atoms with Crippen molar-refractivity contribution < 1.29 is 18.7 Å². The standard InChI is InChI=1S/C13H18FO3P/c1-2-6-12(18(15,16)17)9-5-8-11-7-3-4-10-13(11)14/h2-4,7,10,12H,1,5-6,8-9H2,(H2,15,16,17). The van der Waals surface area contributed by atoms with Gasteiger partial charge in [0, 0.05) is 0 Å². The van der Waals surface area contributed by atoms with Crippen LogP contribution in [0.2, 0.25) is 0 Å². The maximum absolute atomic E-state index is 13.3. The first kappa shape index (κ1) is 15.1. The first-order chi connectivity index (χ1) is 8.45. The largest absolute Gasteiger partial charge is 0.328 e. The van der Waals surface area contributed by atoms with Crippen LogP contribution in [0.5, 0.6) is 0 Å². The van der Waals surface area contributed by atoms with E-state index in [0.717, 1.165) is 0 Å². The minimum Gasteiger partial charge on any atom is -0.324 e. The minimum atomic E-state index is -4.09. The van der Waals surface area contributed by atoms with Gasteiger partial charge in [-0.2, -0.15) is 0 Å². The number of rotatable bonds is 7. The Morgan fingerprint density at radius 1 is 1.39 bits per heavy atom. The van der Waals surface area contributed by atoms with E-state index >= 15 is 0 Å². The molecule has 1 aromatic rings. The second kappa shape index (κ2) is 6.83. The highest BCUT2D eigenvalue weighted by molar-refractivity contribution is 7.52. The van der Waals surface area contributed by atoms with Crippen LogP contribution in [0.4, 0.5) is 4.39 Å². The molecular weight excluding hydrogens is 254 g/mol. The monoisotopic (exact) mass is 272 g/mol. The van der Waals surface area contributed by atoms with Crippen molar-refractivity contribution in [3.63, 3.8) is 0 Å². The molecule has 1 unspecified atom stereocenters. The molecule has 0 amide bonds. The third-order valence-electron chi connectivity index (χ3n) is 2.86. The molecule has 2 N–H and O–H groups in total. The lowest BCUT2D eigenvalue weighted by Crippen LogP contribution is -2.08. The summed E-state index contributed by atoms with van der Waals surface area (Å²) >= 11 is 0. The fourth-order valence-electron chi connectivity index (χ4n) is 1.85. The molecule has 0 aromatic heterocycles. The molecule has 1 rings (SSSR count). The van der Waals surface area contributed by atoms with Gasteiger partial charge in [-0.1, -0.05) is 24.3 Å². The molecule has 1 atom stereocenters. The summed E-state index contributed by atoms with van der Waals surface area (Å²) in [5.74, 6) is -0.269. The van der Waals surface area contributed by atoms with Crippen LogP contribution >= 0.6 is 7.60 Å². The number of hydrogen-bond donors (Lipinski definition) is 2. The summed E-state index contributed by atoms with van der Waals surface area (Å²) in [4.78, 5) is 18.3. The maximum Gasteiger partial charge on any atom is 0.328 e. The summed E-state index contributed by atoms with van der Waals surface area (Å²) < 4.78 is 24.5. The van der Waals surface area contributed by atoms with Crippen molar-refractivity contribution in [2.45, 2.75) is 31.3 Å².